The van der Waals surface area contributed by atoms with Crippen LogP contribution < -0.4 is 10.6 Å². The van der Waals surface area contributed by atoms with E-state index in [0.717, 1.165) is 17.5 Å². The number of hydrogen-bond donors (Lipinski definition) is 2. The molecule has 0 aliphatic carbocycles. The predicted octanol–water partition coefficient (Wildman–Crippen LogP) is 2.82. The molecule has 0 radical (unpaired) electrons. The van der Waals surface area contributed by atoms with Crippen molar-refractivity contribution in [1.29, 1.82) is 0 Å². The number of aromatic nitrogens is 2. The van der Waals surface area contributed by atoms with Gasteiger partial charge in [-0.3, -0.25) is 0 Å². The highest BCUT2D eigenvalue weighted by Gasteiger charge is 2.04. The molecule has 0 saturated heterocycles. The van der Waals surface area contributed by atoms with Gasteiger partial charge >= 0.3 is 0 Å². The molecule has 0 aliphatic rings. The summed E-state index contributed by atoms with van der Waals surface area (Å²) in [5.74, 6) is 2.55. The van der Waals surface area contributed by atoms with E-state index in [0.29, 0.717) is 6.04 Å². The molecule has 0 bridgehead atoms. The zero-order chi connectivity index (χ0) is 12.0. The summed E-state index contributed by atoms with van der Waals surface area (Å²) in [6.07, 6.45) is 3.65. The Morgan fingerprint density at radius 3 is 2.62 bits per heavy atom. The van der Waals surface area contributed by atoms with Crippen LogP contribution in [0.5, 0.6) is 0 Å². The van der Waals surface area contributed by atoms with Gasteiger partial charge in [0.2, 0.25) is 0 Å². The largest absolute Gasteiger partial charge is 0.373 e. The van der Waals surface area contributed by atoms with Gasteiger partial charge in [-0.15, -0.1) is 0 Å². The summed E-state index contributed by atoms with van der Waals surface area (Å²) >= 11 is 0. The second-order valence-corrected chi connectivity index (χ2v) is 4.12. The van der Waals surface area contributed by atoms with E-state index in [-0.39, 0.29) is 0 Å². The van der Waals surface area contributed by atoms with E-state index >= 15 is 0 Å². The smallest absolute Gasteiger partial charge is 0.132 e. The number of unbranched alkanes of at least 4 members (excludes halogenated alkanes) is 1. The first kappa shape index (κ1) is 12.7. The molecule has 0 aromatic carbocycles. The quantitative estimate of drug-likeness (QED) is 0.777. The van der Waals surface area contributed by atoms with Gasteiger partial charge in [-0.25, -0.2) is 9.97 Å². The molecule has 1 unspecified atom stereocenters. The predicted molar refractivity (Wildman–Crippen MR) is 68.9 cm³/mol. The third-order valence-electron chi connectivity index (χ3n) is 2.48. The van der Waals surface area contributed by atoms with E-state index in [2.05, 4.69) is 34.4 Å². The number of rotatable bonds is 6. The van der Waals surface area contributed by atoms with E-state index < -0.39 is 0 Å². The van der Waals surface area contributed by atoms with Crippen molar-refractivity contribution in [1.82, 2.24) is 9.97 Å². The Morgan fingerprint density at radius 1 is 1.31 bits per heavy atom. The van der Waals surface area contributed by atoms with Gasteiger partial charge < -0.3 is 10.6 Å². The molecule has 0 aliphatic heterocycles. The molecule has 4 heteroatoms. The van der Waals surface area contributed by atoms with Crippen LogP contribution in [0.4, 0.5) is 11.6 Å². The second kappa shape index (κ2) is 6.30. The first-order valence-electron chi connectivity index (χ1n) is 5.95. The average molecular weight is 222 g/mol. The number of nitrogens with zero attached hydrogens (tertiary/aromatic N) is 2. The molecule has 0 amide bonds. The van der Waals surface area contributed by atoms with E-state index in [1.54, 1.807) is 0 Å². The van der Waals surface area contributed by atoms with Crippen LogP contribution in [0.3, 0.4) is 0 Å². The average Bonchev–Trinajstić information content (AvgIpc) is 2.25. The van der Waals surface area contributed by atoms with Crippen LogP contribution in [-0.4, -0.2) is 23.1 Å². The number of hydrogen-bond acceptors (Lipinski definition) is 4. The van der Waals surface area contributed by atoms with Gasteiger partial charge in [-0.2, -0.15) is 0 Å². The maximum atomic E-state index is 4.37. The SMILES string of the molecule is CCCCC(C)Nc1cc(NC)nc(C)n1. The normalized spacial score (nSPS) is 12.2. The maximum Gasteiger partial charge on any atom is 0.132 e. The van der Waals surface area contributed by atoms with Gasteiger partial charge in [0, 0.05) is 19.2 Å². The molecule has 0 fully saturated rings. The van der Waals surface area contributed by atoms with Gasteiger partial charge in [0.15, 0.2) is 0 Å². The molecular formula is C12H22N4. The molecule has 90 valence electrons. The van der Waals surface area contributed by atoms with Crippen LogP contribution in [-0.2, 0) is 0 Å². The molecule has 1 aromatic heterocycles. The van der Waals surface area contributed by atoms with Crippen molar-refractivity contribution in [2.45, 2.75) is 46.1 Å². The Bertz CT molecular complexity index is 325. The lowest BCUT2D eigenvalue weighted by Gasteiger charge is -2.14. The summed E-state index contributed by atoms with van der Waals surface area (Å²) in [6, 6.07) is 2.40. The molecule has 1 rings (SSSR count). The van der Waals surface area contributed by atoms with Gasteiger partial charge in [0.1, 0.15) is 17.5 Å². The fourth-order valence-electron chi connectivity index (χ4n) is 1.60. The molecule has 1 heterocycles. The van der Waals surface area contributed by atoms with Crippen molar-refractivity contribution in [2.75, 3.05) is 17.7 Å². The van der Waals surface area contributed by atoms with E-state index in [4.69, 9.17) is 0 Å². The Morgan fingerprint density at radius 2 is 2.00 bits per heavy atom. The van der Waals surface area contributed by atoms with Crippen LogP contribution in [0.1, 0.15) is 38.9 Å². The lowest BCUT2D eigenvalue weighted by molar-refractivity contribution is 0.643. The van der Waals surface area contributed by atoms with Crippen molar-refractivity contribution >= 4 is 11.6 Å². The lowest BCUT2D eigenvalue weighted by atomic mass is 10.1. The van der Waals surface area contributed by atoms with Crippen molar-refractivity contribution in [3.63, 3.8) is 0 Å². The summed E-state index contributed by atoms with van der Waals surface area (Å²) < 4.78 is 0. The fraction of sp³-hybridized carbons (Fsp3) is 0.667. The molecular weight excluding hydrogens is 200 g/mol. The molecule has 0 spiro atoms. The fourth-order valence-corrected chi connectivity index (χ4v) is 1.60. The maximum absolute atomic E-state index is 4.37. The van der Waals surface area contributed by atoms with Crippen molar-refractivity contribution < 1.29 is 0 Å². The third kappa shape index (κ3) is 4.04. The molecule has 4 nitrogen and oxygen atoms in total. The zero-order valence-corrected chi connectivity index (χ0v) is 10.7. The molecule has 1 aromatic rings. The minimum absolute atomic E-state index is 0.457. The topological polar surface area (TPSA) is 49.8 Å². The molecule has 16 heavy (non-hydrogen) atoms. The Labute approximate surface area is 97.9 Å². The highest BCUT2D eigenvalue weighted by Crippen LogP contribution is 2.13. The van der Waals surface area contributed by atoms with Crippen LogP contribution in [0.15, 0.2) is 6.07 Å². The molecule has 1 atom stereocenters. The van der Waals surface area contributed by atoms with E-state index in [1.807, 2.05) is 20.0 Å². The van der Waals surface area contributed by atoms with Crippen LogP contribution in [0, 0.1) is 6.92 Å². The van der Waals surface area contributed by atoms with Crippen molar-refractivity contribution in [2.24, 2.45) is 0 Å². The van der Waals surface area contributed by atoms with E-state index in [9.17, 15) is 0 Å². The van der Waals surface area contributed by atoms with Crippen LogP contribution >= 0.6 is 0 Å². The number of aryl methyl sites for hydroxylation is 1. The standard InChI is InChI=1S/C12H22N4/c1-5-6-7-9(2)14-12-8-11(13-4)15-10(3)16-12/h8-9H,5-7H2,1-4H3,(H2,13,14,15,16). The van der Waals surface area contributed by atoms with E-state index in [1.165, 1.54) is 19.3 Å². The van der Waals surface area contributed by atoms with Crippen molar-refractivity contribution in [3.8, 4) is 0 Å². The monoisotopic (exact) mass is 222 g/mol. The van der Waals surface area contributed by atoms with Gasteiger partial charge in [-0.05, 0) is 20.3 Å². The van der Waals surface area contributed by atoms with Gasteiger partial charge in [0.05, 0.1) is 0 Å². The summed E-state index contributed by atoms with van der Waals surface area (Å²) in [5, 5.41) is 6.43. The minimum Gasteiger partial charge on any atom is -0.373 e. The van der Waals surface area contributed by atoms with Crippen LogP contribution in [0.25, 0.3) is 0 Å². The molecule has 2 N–H and O–H groups in total. The van der Waals surface area contributed by atoms with Crippen molar-refractivity contribution in [3.05, 3.63) is 11.9 Å². The first-order valence-corrected chi connectivity index (χ1v) is 5.95. The Kier molecular flexibility index (Phi) is 5.02. The summed E-state index contributed by atoms with van der Waals surface area (Å²) in [6.45, 7) is 6.30. The summed E-state index contributed by atoms with van der Waals surface area (Å²) in [4.78, 5) is 8.63. The highest BCUT2D eigenvalue weighted by molar-refractivity contribution is 5.47. The second-order valence-electron chi connectivity index (χ2n) is 4.12. The molecule has 0 saturated carbocycles. The Hall–Kier alpha value is -1.32. The number of anilines is 2. The number of nitrogens with one attached hydrogen (secondary N) is 2. The first-order chi connectivity index (χ1) is 7.65. The minimum atomic E-state index is 0.457. The Balaban J connectivity index is 2.61. The van der Waals surface area contributed by atoms with Gasteiger partial charge in [-0.1, -0.05) is 19.8 Å². The summed E-state index contributed by atoms with van der Waals surface area (Å²) in [7, 11) is 1.87. The summed E-state index contributed by atoms with van der Waals surface area (Å²) in [5.41, 5.74) is 0. The van der Waals surface area contributed by atoms with Crippen LogP contribution in [0.2, 0.25) is 0 Å². The van der Waals surface area contributed by atoms with Gasteiger partial charge in [0.25, 0.3) is 0 Å². The highest BCUT2D eigenvalue weighted by atomic mass is 15.1. The lowest BCUT2D eigenvalue weighted by Crippen LogP contribution is -2.16. The third-order valence-corrected chi connectivity index (χ3v) is 2.48. The zero-order valence-electron chi connectivity index (χ0n) is 10.7.